The molecule has 0 saturated carbocycles. The zero-order valence-electron chi connectivity index (χ0n) is 12.2. The van der Waals surface area contributed by atoms with Gasteiger partial charge in [0.2, 0.25) is 0 Å². The number of methoxy groups -OCH3 is 2. The molecule has 0 bridgehead atoms. The summed E-state index contributed by atoms with van der Waals surface area (Å²) < 4.78 is 10.6. The number of rotatable bonds is 6. The topological polar surface area (TPSA) is 33.7 Å². The molecular formula is C15H23ClN2O2. The molecule has 112 valence electrons. The lowest BCUT2D eigenvalue weighted by Crippen LogP contribution is -2.43. The van der Waals surface area contributed by atoms with Gasteiger partial charge in [0.25, 0.3) is 0 Å². The number of nitrogens with zero attached hydrogens (tertiary/aromatic N) is 1. The third kappa shape index (κ3) is 4.01. The van der Waals surface area contributed by atoms with E-state index in [-0.39, 0.29) is 0 Å². The van der Waals surface area contributed by atoms with E-state index in [1.807, 2.05) is 12.1 Å². The highest BCUT2D eigenvalue weighted by atomic mass is 35.5. The minimum atomic E-state index is 0.644. The van der Waals surface area contributed by atoms with Crippen LogP contribution in [-0.4, -0.2) is 51.8 Å². The van der Waals surface area contributed by atoms with E-state index in [0.717, 1.165) is 56.9 Å². The highest BCUT2D eigenvalue weighted by molar-refractivity contribution is 6.32. The van der Waals surface area contributed by atoms with Crippen LogP contribution in [0.25, 0.3) is 0 Å². The first-order chi connectivity index (χ1) is 9.74. The fourth-order valence-electron chi connectivity index (χ4n) is 2.55. The smallest absolute Gasteiger partial charge is 0.141 e. The van der Waals surface area contributed by atoms with Gasteiger partial charge in [0.05, 0.1) is 19.2 Å². The standard InChI is InChI=1S/C15H23ClN2O2/c1-19-14-11-15(20-2)13(16)10-12(14)4-3-7-18-8-5-17-6-9-18/h10-11,17H,3-9H2,1-2H3. The summed E-state index contributed by atoms with van der Waals surface area (Å²) in [5.41, 5.74) is 1.15. The molecule has 2 rings (SSSR count). The van der Waals surface area contributed by atoms with E-state index in [0.29, 0.717) is 10.8 Å². The molecule has 1 aromatic carbocycles. The molecule has 1 heterocycles. The Morgan fingerprint density at radius 2 is 1.85 bits per heavy atom. The van der Waals surface area contributed by atoms with Gasteiger partial charge in [-0.3, -0.25) is 0 Å². The van der Waals surface area contributed by atoms with E-state index >= 15 is 0 Å². The van der Waals surface area contributed by atoms with Gasteiger partial charge in [-0.25, -0.2) is 0 Å². The van der Waals surface area contributed by atoms with Crippen molar-refractivity contribution in [2.45, 2.75) is 12.8 Å². The van der Waals surface area contributed by atoms with Crippen LogP contribution in [0.3, 0.4) is 0 Å². The van der Waals surface area contributed by atoms with Crippen molar-refractivity contribution in [2.75, 3.05) is 46.9 Å². The van der Waals surface area contributed by atoms with Gasteiger partial charge in [0.1, 0.15) is 11.5 Å². The van der Waals surface area contributed by atoms with Crippen LogP contribution in [0.1, 0.15) is 12.0 Å². The van der Waals surface area contributed by atoms with Gasteiger partial charge in [0, 0.05) is 32.2 Å². The largest absolute Gasteiger partial charge is 0.496 e. The van der Waals surface area contributed by atoms with Crippen LogP contribution < -0.4 is 14.8 Å². The van der Waals surface area contributed by atoms with Crippen molar-refractivity contribution in [3.63, 3.8) is 0 Å². The maximum Gasteiger partial charge on any atom is 0.141 e. The average Bonchev–Trinajstić information content (AvgIpc) is 2.48. The van der Waals surface area contributed by atoms with Crippen molar-refractivity contribution in [2.24, 2.45) is 0 Å². The lowest BCUT2D eigenvalue weighted by Gasteiger charge is -2.27. The molecule has 0 atom stereocenters. The van der Waals surface area contributed by atoms with Crippen LogP contribution in [-0.2, 0) is 6.42 Å². The predicted octanol–water partition coefficient (Wildman–Crippen LogP) is 2.19. The Morgan fingerprint density at radius 3 is 2.50 bits per heavy atom. The van der Waals surface area contributed by atoms with Gasteiger partial charge in [-0.2, -0.15) is 0 Å². The molecule has 1 N–H and O–H groups in total. The molecule has 0 aromatic heterocycles. The van der Waals surface area contributed by atoms with Gasteiger partial charge in [0.15, 0.2) is 0 Å². The van der Waals surface area contributed by atoms with Gasteiger partial charge >= 0.3 is 0 Å². The van der Waals surface area contributed by atoms with E-state index in [4.69, 9.17) is 21.1 Å². The molecular weight excluding hydrogens is 276 g/mol. The van der Waals surface area contributed by atoms with Gasteiger partial charge in [-0.1, -0.05) is 11.6 Å². The van der Waals surface area contributed by atoms with Crippen molar-refractivity contribution < 1.29 is 9.47 Å². The summed E-state index contributed by atoms with van der Waals surface area (Å²) in [7, 11) is 3.30. The summed E-state index contributed by atoms with van der Waals surface area (Å²) in [6.07, 6.45) is 2.08. The number of benzene rings is 1. The van der Waals surface area contributed by atoms with Gasteiger partial charge < -0.3 is 19.7 Å². The number of aryl methyl sites for hydroxylation is 1. The first-order valence-electron chi connectivity index (χ1n) is 7.08. The average molecular weight is 299 g/mol. The molecule has 0 radical (unpaired) electrons. The fourth-order valence-corrected chi connectivity index (χ4v) is 2.81. The molecule has 1 fully saturated rings. The molecule has 0 aliphatic carbocycles. The lowest BCUT2D eigenvalue weighted by atomic mass is 10.1. The molecule has 0 unspecified atom stereocenters. The maximum absolute atomic E-state index is 6.19. The van der Waals surface area contributed by atoms with Gasteiger partial charge in [-0.05, 0) is 31.0 Å². The monoisotopic (exact) mass is 298 g/mol. The molecule has 0 spiro atoms. The summed E-state index contributed by atoms with van der Waals surface area (Å²) >= 11 is 6.19. The molecule has 1 aromatic rings. The highest BCUT2D eigenvalue weighted by Gasteiger charge is 2.12. The summed E-state index contributed by atoms with van der Waals surface area (Å²) in [6, 6.07) is 3.82. The molecule has 1 saturated heterocycles. The number of nitrogens with one attached hydrogen (secondary N) is 1. The molecule has 0 amide bonds. The summed E-state index contributed by atoms with van der Waals surface area (Å²) in [4.78, 5) is 2.49. The second-order valence-corrected chi connectivity index (χ2v) is 5.40. The number of halogens is 1. The summed E-state index contributed by atoms with van der Waals surface area (Å²) in [6.45, 7) is 5.59. The van der Waals surface area contributed by atoms with Crippen molar-refractivity contribution in [3.8, 4) is 11.5 Å². The number of ether oxygens (including phenoxy) is 2. The second kappa shape index (κ2) is 7.72. The van der Waals surface area contributed by atoms with Crippen molar-refractivity contribution in [3.05, 3.63) is 22.7 Å². The summed E-state index contributed by atoms with van der Waals surface area (Å²) in [5, 5.41) is 4.01. The molecule has 20 heavy (non-hydrogen) atoms. The van der Waals surface area contributed by atoms with Crippen molar-refractivity contribution in [1.29, 1.82) is 0 Å². The van der Waals surface area contributed by atoms with Crippen molar-refractivity contribution >= 4 is 11.6 Å². The Kier molecular flexibility index (Phi) is 5.95. The Balaban J connectivity index is 1.92. The summed E-state index contributed by atoms with van der Waals surface area (Å²) in [5.74, 6) is 1.51. The van der Waals surface area contributed by atoms with Crippen LogP contribution >= 0.6 is 11.6 Å². The molecule has 1 aliphatic rings. The van der Waals surface area contributed by atoms with E-state index in [2.05, 4.69) is 10.2 Å². The third-order valence-corrected chi connectivity index (χ3v) is 3.98. The Morgan fingerprint density at radius 1 is 1.15 bits per heavy atom. The zero-order valence-corrected chi connectivity index (χ0v) is 13.0. The van der Waals surface area contributed by atoms with E-state index in [1.54, 1.807) is 14.2 Å². The SMILES string of the molecule is COc1cc(OC)c(CCCN2CCNCC2)cc1Cl. The van der Waals surface area contributed by atoms with Crippen LogP contribution in [0, 0.1) is 0 Å². The first kappa shape index (κ1) is 15.4. The second-order valence-electron chi connectivity index (χ2n) is 4.99. The van der Waals surface area contributed by atoms with E-state index < -0.39 is 0 Å². The predicted molar refractivity (Wildman–Crippen MR) is 82.2 cm³/mol. The lowest BCUT2D eigenvalue weighted by molar-refractivity contribution is 0.238. The zero-order chi connectivity index (χ0) is 14.4. The minimum Gasteiger partial charge on any atom is -0.496 e. The van der Waals surface area contributed by atoms with Crippen molar-refractivity contribution in [1.82, 2.24) is 10.2 Å². The Hall–Kier alpha value is -0.970. The van der Waals surface area contributed by atoms with Crippen LogP contribution in [0.4, 0.5) is 0 Å². The fraction of sp³-hybridized carbons (Fsp3) is 0.600. The molecule has 1 aliphatic heterocycles. The van der Waals surface area contributed by atoms with Crippen LogP contribution in [0.15, 0.2) is 12.1 Å². The minimum absolute atomic E-state index is 0.644. The van der Waals surface area contributed by atoms with Crippen LogP contribution in [0.5, 0.6) is 11.5 Å². The third-order valence-electron chi connectivity index (χ3n) is 3.68. The maximum atomic E-state index is 6.19. The first-order valence-corrected chi connectivity index (χ1v) is 7.46. The van der Waals surface area contributed by atoms with Gasteiger partial charge in [-0.15, -0.1) is 0 Å². The van der Waals surface area contributed by atoms with E-state index in [9.17, 15) is 0 Å². The number of piperazine rings is 1. The normalized spacial score (nSPS) is 16.1. The Labute approximate surface area is 126 Å². The molecule has 5 heteroatoms. The number of hydrogen-bond acceptors (Lipinski definition) is 4. The molecule has 4 nitrogen and oxygen atoms in total. The Bertz CT molecular complexity index is 434. The highest BCUT2D eigenvalue weighted by Crippen LogP contribution is 2.33. The van der Waals surface area contributed by atoms with Crippen LogP contribution in [0.2, 0.25) is 5.02 Å². The quantitative estimate of drug-likeness (QED) is 0.873. The number of hydrogen-bond donors (Lipinski definition) is 1. The van der Waals surface area contributed by atoms with E-state index in [1.165, 1.54) is 0 Å².